The zero-order chi connectivity index (χ0) is 23.5. The molecule has 11 nitrogen and oxygen atoms in total. The number of likely N-dealkylation sites (N-methyl/N-ethyl adjacent to an activating group) is 1. The predicted octanol–water partition coefficient (Wildman–Crippen LogP) is 0.0669. The highest BCUT2D eigenvalue weighted by atomic mass is 16.5. The number of hydrogen-bond acceptors (Lipinski definition) is 7. The van der Waals surface area contributed by atoms with Crippen molar-refractivity contribution in [2.24, 2.45) is 0 Å². The summed E-state index contributed by atoms with van der Waals surface area (Å²) in [6.45, 7) is 5.64. The number of H-pyrrole nitrogens is 1. The Labute approximate surface area is 191 Å². The van der Waals surface area contributed by atoms with Crippen LogP contribution in [0.4, 0.5) is 16.2 Å². The second-order valence-corrected chi connectivity index (χ2v) is 8.58. The van der Waals surface area contributed by atoms with E-state index in [1.54, 1.807) is 6.92 Å². The van der Waals surface area contributed by atoms with Gasteiger partial charge in [0.05, 0.1) is 6.10 Å². The fourth-order valence-electron chi connectivity index (χ4n) is 4.06. The van der Waals surface area contributed by atoms with Gasteiger partial charge in [0.25, 0.3) is 5.56 Å². The number of aliphatic hydroxyl groups is 1. The van der Waals surface area contributed by atoms with Gasteiger partial charge in [-0.25, -0.2) is 9.59 Å². The average Bonchev–Trinajstić information content (AvgIpc) is 3.16. The van der Waals surface area contributed by atoms with Crippen LogP contribution in [-0.2, 0) is 4.74 Å². The standard InChI is InChI=1S/C22H30N6O5/c1-14-13-28(22(32)25-20(14)30)19-11-17(29)18(33-19)12-23-21(31)24-15-3-5-16(6-4-15)27-9-7-26(2)8-10-27/h3-6,13,17-19,29H,7-12H2,1-2H3,(H2,23,24,31)(H,25,30,32)/t17-,18+,19-/m0/s1. The molecule has 33 heavy (non-hydrogen) atoms. The van der Waals surface area contributed by atoms with Crippen LogP contribution in [0.1, 0.15) is 18.2 Å². The van der Waals surface area contributed by atoms with Gasteiger partial charge in [-0.05, 0) is 38.2 Å². The molecule has 0 spiro atoms. The van der Waals surface area contributed by atoms with Gasteiger partial charge >= 0.3 is 11.7 Å². The molecular weight excluding hydrogens is 428 g/mol. The SMILES string of the molecule is Cc1cn([C@@H]2C[C@H](O)[C@@H](CNC(=O)Nc3ccc(N4CCN(C)CC4)cc3)O2)c(=O)[nH]c1=O. The summed E-state index contributed by atoms with van der Waals surface area (Å²) in [5, 5.41) is 15.8. The zero-order valence-corrected chi connectivity index (χ0v) is 18.8. The predicted molar refractivity (Wildman–Crippen MR) is 124 cm³/mol. The number of nitrogens with one attached hydrogen (secondary N) is 3. The van der Waals surface area contributed by atoms with Crippen LogP contribution in [-0.4, -0.2) is 77.6 Å². The van der Waals surface area contributed by atoms with E-state index < -0.39 is 35.7 Å². The molecule has 1 aromatic heterocycles. The molecule has 0 bridgehead atoms. The molecule has 2 aliphatic rings. The lowest BCUT2D eigenvalue weighted by molar-refractivity contribution is -0.0178. The van der Waals surface area contributed by atoms with Crippen molar-refractivity contribution in [3.05, 3.63) is 56.9 Å². The highest BCUT2D eigenvalue weighted by molar-refractivity contribution is 5.89. The van der Waals surface area contributed by atoms with E-state index in [-0.39, 0.29) is 13.0 Å². The third-order valence-corrected chi connectivity index (χ3v) is 6.12. The lowest BCUT2D eigenvalue weighted by Gasteiger charge is -2.34. The number of urea groups is 1. The van der Waals surface area contributed by atoms with Crippen molar-refractivity contribution in [1.29, 1.82) is 0 Å². The summed E-state index contributed by atoms with van der Waals surface area (Å²) in [6, 6.07) is 7.27. The molecule has 178 valence electrons. The van der Waals surface area contributed by atoms with Gasteiger partial charge in [-0.3, -0.25) is 14.3 Å². The van der Waals surface area contributed by atoms with E-state index >= 15 is 0 Å². The van der Waals surface area contributed by atoms with E-state index in [1.807, 2.05) is 24.3 Å². The van der Waals surface area contributed by atoms with Gasteiger partial charge in [0.2, 0.25) is 0 Å². The van der Waals surface area contributed by atoms with Gasteiger partial charge in [0.1, 0.15) is 12.3 Å². The van der Waals surface area contributed by atoms with Crippen LogP contribution in [0.2, 0.25) is 0 Å². The van der Waals surface area contributed by atoms with Crippen LogP contribution >= 0.6 is 0 Å². The first-order chi connectivity index (χ1) is 15.8. The molecule has 2 aromatic rings. The van der Waals surface area contributed by atoms with Gasteiger partial charge < -0.3 is 30.3 Å². The molecule has 4 rings (SSSR count). The number of ether oxygens (including phenoxy) is 1. The van der Waals surface area contributed by atoms with E-state index in [4.69, 9.17) is 4.74 Å². The Morgan fingerprint density at radius 3 is 2.58 bits per heavy atom. The molecule has 4 N–H and O–H groups in total. The van der Waals surface area contributed by atoms with Crippen LogP contribution < -0.4 is 26.8 Å². The Morgan fingerprint density at radius 2 is 1.88 bits per heavy atom. The summed E-state index contributed by atoms with van der Waals surface area (Å²) in [5.74, 6) is 0. The zero-order valence-electron chi connectivity index (χ0n) is 18.8. The lowest BCUT2D eigenvalue weighted by Crippen LogP contribution is -2.44. The minimum atomic E-state index is -0.864. The van der Waals surface area contributed by atoms with Crippen LogP contribution in [0.15, 0.2) is 40.1 Å². The molecule has 2 aliphatic heterocycles. The minimum absolute atomic E-state index is 0.0694. The smallest absolute Gasteiger partial charge is 0.330 e. The molecule has 0 unspecified atom stereocenters. The number of aromatic amines is 1. The number of carbonyl (C=O) groups excluding carboxylic acids is 1. The molecule has 2 fully saturated rings. The van der Waals surface area contributed by atoms with Crippen LogP contribution in [0, 0.1) is 6.92 Å². The largest absolute Gasteiger partial charge is 0.390 e. The Morgan fingerprint density at radius 1 is 1.18 bits per heavy atom. The average molecular weight is 459 g/mol. The summed E-state index contributed by atoms with van der Waals surface area (Å²) < 4.78 is 7.02. The molecule has 2 amide bonds. The van der Waals surface area contributed by atoms with E-state index in [9.17, 15) is 19.5 Å². The van der Waals surface area contributed by atoms with Crippen LogP contribution in [0.5, 0.6) is 0 Å². The molecule has 0 radical (unpaired) electrons. The number of nitrogens with zero attached hydrogens (tertiary/aromatic N) is 3. The minimum Gasteiger partial charge on any atom is -0.390 e. The third kappa shape index (κ3) is 5.44. The second-order valence-electron chi connectivity index (χ2n) is 8.58. The maximum Gasteiger partial charge on any atom is 0.330 e. The summed E-state index contributed by atoms with van der Waals surface area (Å²) in [5.41, 5.74) is 1.09. The number of piperazine rings is 1. The molecular formula is C22H30N6O5. The summed E-state index contributed by atoms with van der Waals surface area (Å²) in [4.78, 5) is 42.8. The van der Waals surface area contributed by atoms with Crippen molar-refractivity contribution in [3.8, 4) is 0 Å². The number of carbonyl (C=O) groups is 1. The van der Waals surface area contributed by atoms with Crippen LogP contribution in [0.25, 0.3) is 0 Å². The van der Waals surface area contributed by atoms with Gasteiger partial charge in [0, 0.05) is 62.3 Å². The fourth-order valence-corrected chi connectivity index (χ4v) is 4.06. The van der Waals surface area contributed by atoms with Gasteiger partial charge in [-0.1, -0.05) is 0 Å². The van der Waals surface area contributed by atoms with Gasteiger partial charge in [-0.2, -0.15) is 0 Å². The first-order valence-electron chi connectivity index (χ1n) is 11.0. The Hall–Kier alpha value is -3.15. The van der Waals surface area contributed by atoms with E-state index in [0.29, 0.717) is 11.3 Å². The monoisotopic (exact) mass is 458 g/mol. The lowest BCUT2D eigenvalue weighted by atomic mass is 10.2. The molecule has 2 saturated heterocycles. The number of aromatic nitrogens is 2. The Bertz CT molecular complexity index is 1090. The summed E-state index contributed by atoms with van der Waals surface area (Å²) in [7, 11) is 2.11. The van der Waals surface area contributed by atoms with Gasteiger partial charge in [-0.15, -0.1) is 0 Å². The van der Waals surface area contributed by atoms with Gasteiger partial charge in [0.15, 0.2) is 0 Å². The first kappa shape index (κ1) is 23.0. The van der Waals surface area contributed by atoms with Crippen molar-refractivity contribution in [1.82, 2.24) is 19.8 Å². The number of aliphatic hydroxyl groups excluding tert-OH is 1. The number of anilines is 2. The topological polar surface area (TPSA) is 132 Å². The molecule has 3 atom stereocenters. The number of amides is 2. The highest BCUT2D eigenvalue weighted by Gasteiger charge is 2.35. The molecule has 0 saturated carbocycles. The molecule has 3 heterocycles. The van der Waals surface area contributed by atoms with E-state index in [0.717, 1.165) is 31.9 Å². The second kappa shape index (κ2) is 9.77. The number of aryl methyl sites for hydroxylation is 1. The van der Waals surface area contributed by atoms with Crippen LogP contribution in [0.3, 0.4) is 0 Å². The number of rotatable bonds is 5. The molecule has 1 aromatic carbocycles. The third-order valence-electron chi connectivity index (χ3n) is 6.12. The maximum absolute atomic E-state index is 12.3. The van der Waals surface area contributed by atoms with Crippen molar-refractivity contribution in [3.63, 3.8) is 0 Å². The number of hydrogen-bond donors (Lipinski definition) is 4. The Balaban J connectivity index is 1.28. The van der Waals surface area contributed by atoms with Crippen molar-refractivity contribution in [2.75, 3.05) is 50.0 Å². The van der Waals surface area contributed by atoms with Crippen molar-refractivity contribution < 1.29 is 14.6 Å². The molecule has 11 heteroatoms. The summed E-state index contributed by atoms with van der Waals surface area (Å²) >= 11 is 0. The quantitative estimate of drug-likeness (QED) is 0.498. The Kier molecular flexibility index (Phi) is 6.82. The van der Waals surface area contributed by atoms with E-state index in [1.165, 1.54) is 10.8 Å². The normalized spacial score (nSPS) is 23.5. The summed E-state index contributed by atoms with van der Waals surface area (Å²) in [6.07, 6.45) is -0.684. The maximum atomic E-state index is 12.3. The van der Waals surface area contributed by atoms with E-state index in [2.05, 4.69) is 32.5 Å². The number of benzene rings is 1. The van der Waals surface area contributed by atoms with Crippen molar-refractivity contribution >= 4 is 17.4 Å². The molecule has 0 aliphatic carbocycles. The highest BCUT2D eigenvalue weighted by Crippen LogP contribution is 2.27. The van der Waals surface area contributed by atoms with Crippen molar-refractivity contribution in [2.45, 2.75) is 31.8 Å². The first-order valence-corrected chi connectivity index (χ1v) is 11.0. The fraction of sp³-hybridized carbons (Fsp3) is 0.500.